The van der Waals surface area contributed by atoms with E-state index in [9.17, 15) is 4.79 Å². The van der Waals surface area contributed by atoms with E-state index in [2.05, 4.69) is 10.3 Å². The SMILES string of the molecule is COc1cc(/C=C/C(=O)Nc2cccnc2)ccc1OC(C)C. The van der Waals surface area contributed by atoms with E-state index >= 15 is 0 Å². The van der Waals surface area contributed by atoms with Crippen LogP contribution in [0.5, 0.6) is 11.5 Å². The maximum absolute atomic E-state index is 11.9. The lowest BCUT2D eigenvalue weighted by Crippen LogP contribution is -2.08. The highest BCUT2D eigenvalue weighted by atomic mass is 16.5. The van der Waals surface area contributed by atoms with Crippen LogP contribution < -0.4 is 14.8 Å². The van der Waals surface area contributed by atoms with Gasteiger partial charge in [0.25, 0.3) is 0 Å². The predicted octanol–water partition coefficient (Wildman–Crippen LogP) is 3.53. The Kier molecular flexibility index (Phi) is 5.74. The van der Waals surface area contributed by atoms with Gasteiger partial charge in [-0.05, 0) is 49.8 Å². The average Bonchev–Trinajstić information content (AvgIpc) is 2.54. The van der Waals surface area contributed by atoms with Crippen molar-refractivity contribution in [2.24, 2.45) is 0 Å². The quantitative estimate of drug-likeness (QED) is 0.829. The standard InChI is InChI=1S/C18H20N2O3/c1-13(2)23-16-8-6-14(11-17(16)22-3)7-9-18(21)20-15-5-4-10-19-12-15/h4-13H,1-3H3,(H,20,21)/b9-7+. The predicted molar refractivity (Wildman–Crippen MR) is 90.7 cm³/mol. The number of hydrogen-bond acceptors (Lipinski definition) is 4. The lowest BCUT2D eigenvalue weighted by Gasteiger charge is -2.13. The highest BCUT2D eigenvalue weighted by Gasteiger charge is 2.06. The number of hydrogen-bond donors (Lipinski definition) is 1. The first-order chi connectivity index (χ1) is 11.1. The number of rotatable bonds is 6. The summed E-state index contributed by atoms with van der Waals surface area (Å²) in [4.78, 5) is 15.8. The van der Waals surface area contributed by atoms with Crippen LogP contribution in [0.1, 0.15) is 19.4 Å². The molecule has 0 radical (unpaired) electrons. The van der Waals surface area contributed by atoms with Crippen molar-refractivity contribution in [1.29, 1.82) is 0 Å². The number of nitrogens with zero attached hydrogens (tertiary/aromatic N) is 1. The average molecular weight is 312 g/mol. The maximum Gasteiger partial charge on any atom is 0.248 e. The number of amides is 1. The second-order valence-corrected chi connectivity index (χ2v) is 5.14. The third kappa shape index (κ3) is 5.14. The number of carbonyl (C=O) groups is 1. The first-order valence-electron chi connectivity index (χ1n) is 7.32. The lowest BCUT2D eigenvalue weighted by atomic mass is 10.2. The summed E-state index contributed by atoms with van der Waals surface area (Å²) >= 11 is 0. The molecule has 1 heterocycles. The molecule has 1 amide bonds. The van der Waals surface area contributed by atoms with Crippen molar-refractivity contribution >= 4 is 17.7 Å². The molecule has 0 fully saturated rings. The van der Waals surface area contributed by atoms with Crippen LogP contribution in [-0.4, -0.2) is 24.1 Å². The molecule has 0 aliphatic heterocycles. The Labute approximate surface area is 136 Å². The number of methoxy groups -OCH3 is 1. The monoisotopic (exact) mass is 312 g/mol. The largest absolute Gasteiger partial charge is 0.493 e. The number of ether oxygens (including phenoxy) is 2. The molecule has 2 rings (SSSR count). The molecule has 1 N–H and O–H groups in total. The van der Waals surface area contributed by atoms with Crippen LogP contribution in [0.15, 0.2) is 48.8 Å². The molecular formula is C18H20N2O3. The van der Waals surface area contributed by atoms with E-state index in [1.807, 2.05) is 32.0 Å². The summed E-state index contributed by atoms with van der Waals surface area (Å²) in [6.07, 6.45) is 6.49. The van der Waals surface area contributed by atoms with Gasteiger partial charge in [0, 0.05) is 12.3 Å². The molecule has 0 saturated heterocycles. The number of pyridine rings is 1. The first kappa shape index (κ1) is 16.5. The van der Waals surface area contributed by atoms with Crippen LogP contribution in [0, 0.1) is 0 Å². The third-order valence-electron chi connectivity index (χ3n) is 2.91. The second kappa shape index (κ2) is 7.98. The summed E-state index contributed by atoms with van der Waals surface area (Å²) < 4.78 is 11.0. The zero-order chi connectivity index (χ0) is 16.7. The molecule has 0 aliphatic carbocycles. The molecule has 1 aromatic carbocycles. The minimum atomic E-state index is -0.223. The second-order valence-electron chi connectivity index (χ2n) is 5.14. The zero-order valence-electron chi connectivity index (χ0n) is 13.4. The Balaban J connectivity index is 2.05. The van der Waals surface area contributed by atoms with Crippen molar-refractivity contribution in [2.75, 3.05) is 12.4 Å². The molecule has 0 unspecified atom stereocenters. The van der Waals surface area contributed by atoms with Gasteiger partial charge in [0.05, 0.1) is 25.1 Å². The fourth-order valence-electron chi connectivity index (χ4n) is 1.93. The highest BCUT2D eigenvalue weighted by molar-refractivity contribution is 6.01. The lowest BCUT2D eigenvalue weighted by molar-refractivity contribution is -0.111. The summed E-state index contributed by atoms with van der Waals surface area (Å²) in [5, 5.41) is 2.73. The maximum atomic E-state index is 11.9. The van der Waals surface area contributed by atoms with Gasteiger partial charge in [-0.2, -0.15) is 0 Å². The van der Waals surface area contributed by atoms with Crippen LogP contribution in [0.3, 0.4) is 0 Å². The van der Waals surface area contributed by atoms with Gasteiger partial charge in [0.1, 0.15) is 0 Å². The number of anilines is 1. The molecule has 120 valence electrons. The fraction of sp³-hybridized carbons (Fsp3) is 0.222. The molecule has 0 atom stereocenters. The first-order valence-corrected chi connectivity index (χ1v) is 7.32. The summed E-state index contributed by atoms with van der Waals surface area (Å²) in [6.45, 7) is 3.91. The van der Waals surface area contributed by atoms with Crippen LogP contribution in [-0.2, 0) is 4.79 Å². The smallest absolute Gasteiger partial charge is 0.248 e. The Bertz CT molecular complexity index is 682. The van der Waals surface area contributed by atoms with Crippen LogP contribution in [0.2, 0.25) is 0 Å². The van der Waals surface area contributed by atoms with Crippen molar-refractivity contribution in [2.45, 2.75) is 20.0 Å². The van der Waals surface area contributed by atoms with Crippen molar-refractivity contribution < 1.29 is 14.3 Å². The van der Waals surface area contributed by atoms with Crippen molar-refractivity contribution in [3.63, 3.8) is 0 Å². The molecule has 1 aromatic heterocycles. The zero-order valence-corrected chi connectivity index (χ0v) is 13.4. The minimum absolute atomic E-state index is 0.0653. The minimum Gasteiger partial charge on any atom is -0.493 e. The number of nitrogens with one attached hydrogen (secondary N) is 1. The van der Waals surface area contributed by atoms with Gasteiger partial charge >= 0.3 is 0 Å². The Morgan fingerprint density at radius 1 is 1.26 bits per heavy atom. The molecule has 23 heavy (non-hydrogen) atoms. The summed E-state index contributed by atoms with van der Waals surface area (Å²) in [5.41, 5.74) is 1.50. The topological polar surface area (TPSA) is 60.5 Å². The molecule has 0 spiro atoms. The van der Waals surface area contributed by atoms with Crippen molar-refractivity contribution in [3.05, 3.63) is 54.4 Å². The normalized spacial score (nSPS) is 10.8. The van der Waals surface area contributed by atoms with Crippen molar-refractivity contribution in [1.82, 2.24) is 4.98 Å². The fourth-order valence-corrected chi connectivity index (χ4v) is 1.93. The number of benzene rings is 1. The molecule has 5 heteroatoms. The van der Waals surface area contributed by atoms with Crippen LogP contribution in [0.4, 0.5) is 5.69 Å². The van der Waals surface area contributed by atoms with E-state index in [-0.39, 0.29) is 12.0 Å². The summed E-state index contributed by atoms with van der Waals surface area (Å²) in [7, 11) is 1.59. The van der Waals surface area contributed by atoms with E-state index in [1.54, 1.807) is 37.7 Å². The Morgan fingerprint density at radius 3 is 2.74 bits per heavy atom. The van der Waals surface area contributed by atoms with E-state index in [1.165, 1.54) is 6.08 Å². The number of aromatic nitrogens is 1. The van der Waals surface area contributed by atoms with Crippen LogP contribution >= 0.6 is 0 Å². The van der Waals surface area contributed by atoms with E-state index in [4.69, 9.17) is 9.47 Å². The van der Waals surface area contributed by atoms with E-state index in [0.29, 0.717) is 17.2 Å². The molecule has 5 nitrogen and oxygen atoms in total. The van der Waals surface area contributed by atoms with E-state index in [0.717, 1.165) is 5.56 Å². The molecule has 0 aliphatic rings. The van der Waals surface area contributed by atoms with E-state index < -0.39 is 0 Å². The van der Waals surface area contributed by atoms with Crippen molar-refractivity contribution in [3.8, 4) is 11.5 Å². The van der Waals surface area contributed by atoms with Gasteiger partial charge in [-0.15, -0.1) is 0 Å². The Hall–Kier alpha value is -2.82. The Morgan fingerprint density at radius 2 is 2.09 bits per heavy atom. The molecule has 2 aromatic rings. The van der Waals surface area contributed by atoms with Gasteiger partial charge in [-0.25, -0.2) is 0 Å². The molecule has 0 saturated carbocycles. The van der Waals surface area contributed by atoms with Gasteiger partial charge in [0.2, 0.25) is 5.91 Å². The highest BCUT2D eigenvalue weighted by Crippen LogP contribution is 2.29. The van der Waals surface area contributed by atoms with Crippen LogP contribution in [0.25, 0.3) is 6.08 Å². The third-order valence-corrected chi connectivity index (χ3v) is 2.91. The van der Waals surface area contributed by atoms with Gasteiger partial charge in [-0.3, -0.25) is 9.78 Å². The number of carbonyl (C=O) groups excluding carboxylic acids is 1. The van der Waals surface area contributed by atoms with Gasteiger partial charge in [-0.1, -0.05) is 6.07 Å². The molecule has 0 bridgehead atoms. The molecular weight excluding hydrogens is 292 g/mol. The van der Waals surface area contributed by atoms with Gasteiger partial charge < -0.3 is 14.8 Å². The van der Waals surface area contributed by atoms with Gasteiger partial charge in [0.15, 0.2) is 11.5 Å². The summed E-state index contributed by atoms with van der Waals surface area (Å²) in [5.74, 6) is 1.09. The summed E-state index contributed by atoms with van der Waals surface area (Å²) in [6, 6.07) is 9.06.